The second-order valence-electron chi connectivity index (χ2n) is 7.59. The van der Waals surface area contributed by atoms with Crippen LogP contribution in [-0.4, -0.2) is 19.5 Å². The summed E-state index contributed by atoms with van der Waals surface area (Å²) in [5.41, 5.74) is 3.67. The van der Waals surface area contributed by atoms with Crippen molar-refractivity contribution in [2.75, 3.05) is 0 Å². The van der Waals surface area contributed by atoms with Crippen LogP contribution in [0.4, 0.5) is 8.78 Å². The van der Waals surface area contributed by atoms with Crippen molar-refractivity contribution in [3.8, 4) is 0 Å². The molecule has 1 aliphatic rings. The molecule has 142 valence electrons. The molecule has 0 N–H and O–H groups in total. The standard InChI is InChI=1S/C22H20F2N4/c1-13-8-9-26-22-20(13)27-21(14-4-2-3-5-14)28(22)12-15-10-25-11-17-16(15)6-7-18(23)19(17)24/h6-11,14H,2-5,12H2,1H3. The van der Waals surface area contributed by atoms with Gasteiger partial charge in [0, 0.05) is 29.9 Å². The predicted molar refractivity (Wildman–Crippen MR) is 104 cm³/mol. The Kier molecular flexibility index (Phi) is 4.07. The van der Waals surface area contributed by atoms with E-state index >= 15 is 0 Å². The molecule has 0 spiro atoms. The van der Waals surface area contributed by atoms with Gasteiger partial charge in [0.05, 0.1) is 6.54 Å². The first-order valence-corrected chi connectivity index (χ1v) is 9.66. The van der Waals surface area contributed by atoms with Gasteiger partial charge in [0.1, 0.15) is 11.3 Å². The Morgan fingerprint density at radius 3 is 2.71 bits per heavy atom. The summed E-state index contributed by atoms with van der Waals surface area (Å²) in [6.45, 7) is 2.52. The average molecular weight is 378 g/mol. The summed E-state index contributed by atoms with van der Waals surface area (Å²) < 4.78 is 30.0. The van der Waals surface area contributed by atoms with Gasteiger partial charge >= 0.3 is 0 Å². The molecule has 28 heavy (non-hydrogen) atoms. The van der Waals surface area contributed by atoms with Gasteiger partial charge in [-0.15, -0.1) is 0 Å². The molecule has 4 aromatic rings. The number of imidazole rings is 1. The molecule has 1 aromatic carbocycles. The summed E-state index contributed by atoms with van der Waals surface area (Å²) in [7, 11) is 0. The number of benzene rings is 1. The summed E-state index contributed by atoms with van der Waals surface area (Å²) in [4.78, 5) is 13.7. The highest BCUT2D eigenvalue weighted by atomic mass is 19.2. The van der Waals surface area contributed by atoms with Gasteiger partial charge in [0.25, 0.3) is 0 Å². The smallest absolute Gasteiger partial charge is 0.168 e. The molecule has 1 aliphatic carbocycles. The number of hydrogen-bond acceptors (Lipinski definition) is 3. The van der Waals surface area contributed by atoms with E-state index in [9.17, 15) is 8.78 Å². The average Bonchev–Trinajstić information content (AvgIpc) is 3.34. The fourth-order valence-electron chi connectivity index (χ4n) is 4.35. The van der Waals surface area contributed by atoms with E-state index in [1.54, 1.807) is 18.5 Å². The fourth-order valence-corrected chi connectivity index (χ4v) is 4.35. The Morgan fingerprint density at radius 1 is 1.07 bits per heavy atom. The highest BCUT2D eigenvalue weighted by molar-refractivity contribution is 5.85. The summed E-state index contributed by atoms with van der Waals surface area (Å²) in [5, 5.41) is 0.870. The zero-order chi connectivity index (χ0) is 19.3. The molecule has 0 radical (unpaired) electrons. The molecule has 0 bridgehead atoms. The third-order valence-corrected chi connectivity index (χ3v) is 5.83. The molecule has 5 rings (SSSR count). The molecule has 3 heterocycles. The van der Waals surface area contributed by atoms with E-state index in [2.05, 4.69) is 14.5 Å². The predicted octanol–water partition coefficient (Wildman–Crippen LogP) is 5.27. The van der Waals surface area contributed by atoms with Crippen LogP contribution in [0, 0.1) is 18.6 Å². The SMILES string of the molecule is Cc1ccnc2c1nc(C1CCCC1)n2Cc1cncc2c(F)c(F)ccc12. The van der Waals surface area contributed by atoms with Crippen molar-refractivity contribution in [3.05, 3.63) is 65.4 Å². The van der Waals surface area contributed by atoms with Crippen LogP contribution >= 0.6 is 0 Å². The van der Waals surface area contributed by atoms with E-state index in [1.165, 1.54) is 25.1 Å². The molecule has 6 heteroatoms. The topological polar surface area (TPSA) is 43.6 Å². The first kappa shape index (κ1) is 17.2. The van der Waals surface area contributed by atoms with Gasteiger partial charge < -0.3 is 4.57 Å². The van der Waals surface area contributed by atoms with Gasteiger partial charge in [0.15, 0.2) is 17.3 Å². The van der Waals surface area contributed by atoms with E-state index in [0.29, 0.717) is 17.8 Å². The van der Waals surface area contributed by atoms with Crippen LogP contribution in [0.5, 0.6) is 0 Å². The van der Waals surface area contributed by atoms with Crippen LogP contribution < -0.4 is 0 Å². The Labute approximate surface area is 161 Å². The van der Waals surface area contributed by atoms with Gasteiger partial charge in [-0.05, 0) is 48.4 Å². The largest absolute Gasteiger partial charge is 0.308 e. The zero-order valence-corrected chi connectivity index (χ0v) is 15.6. The normalized spacial score (nSPS) is 15.1. The van der Waals surface area contributed by atoms with Crippen LogP contribution in [0.2, 0.25) is 0 Å². The van der Waals surface area contributed by atoms with E-state index < -0.39 is 11.6 Å². The molecule has 0 amide bonds. The van der Waals surface area contributed by atoms with Crippen molar-refractivity contribution in [2.45, 2.75) is 45.1 Å². The van der Waals surface area contributed by atoms with Crippen molar-refractivity contribution < 1.29 is 8.78 Å². The van der Waals surface area contributed by atoms with E-state index in [0.717, 1.165) is 41.0 Å². The van der Waals surface area contributed by atoms with Crippen molar-refractivity contribution in [2.24, 2.45) is 0 Å². The Bertz CT molecular complexity index is 1190. The molecular weight excluding hydrogens is 358 g/mol. The number of rotatable bonds is 3. The lowest BCUT2D eigenvalue weighted by molar-refractivity contribution is 0.516. The highest BCUT2D eigenvalue weighted by Gasteiger charge is 2.25. The van der Waals surface area contributed by atoms with E-state index in [4.69, 9.17) is 4.98 Å². The number of halogens is 2. The van der Waals surface area contributed by atoms with Crippen molar-refractivity contribution >= 4 is 21.9 Å². The van der Waals surface area contributed by atoms with Crippen molar-refractivity contribution in [1.82, 2.24) is 19.5 Å². The van der Waals surface area contributed by atoms with Gasteiger partial charge in [-0.2, -0.15) is 0 Å². The van der Waals surface area contributed by atoms with Gasteiger partial charge in [-0.3, -0.25) is 4.98 Å². The number of pyridine rings is 2. The fraction of sp³-hybridized carbons (Fsp3) is 0.318. The van der Waals surface area contributed by atoms with Crippen molar-refractivity contribution in [1.29, 1.82) is 0 Å². The summed E-state index contributed by atoms with van der Waals surface area (Å²) >= 11 is 0. The van der Waals surface area contributed by atoms with Crippen LogP contribution in [0.1, 0.15) is 48.6 Å². The first-order valence-electron chi connectivity index (χ1n) is 9.66. The molecule has 0 saturated heterocycles. The summed E-state index contributed by atoms with van der Waals surface area (Å²) in [6.07, 6.45) is 9.56. The van der Waals surface area contributed by atoms with Crippen LogP contribution in [-0.2, 0) is 6.54 Å². The maximum Gasteiger partial charge on any atom is 0.168 e. The third-order valence-electron chi connectivity index (χ3n) is 5.83. The number of aryl methyl sites for hydroxylation is 1. The van der Waals surface area contributed by atoms with Crippen molar-refractivity contribution in [3.63, 3.8) is 0 Å². The van der Waals surface area contributed by atoms with Gasteiger partial charge in [-0.1, -0.05) is 18.9 Å². The van der Waals surface area contributed by atoms with Gasteiger partial charge in [-0.25, -0.2) is 18.7 Å². The van der Waals surface area contributed by atoms with Crippen LogP contribution in [0.15, 0.2) is 36.8 Å². The minimum absolute atomic E-state index is 0.202. The minimum Gasteiger partial charge on any atom is -0.308 e. The molecule has 0 unspecified atom stereocenters. The number of hydrogen-bond donors (Lipinski definition) is 0. The molecule has 1 saturated carbocycles. The Balaban J connectivity index is 1.70. The zero-order valence-electron chi connectivity index (χ0n) is 15.6. The molecular formula is C22H20F2N4. The second-order valence-corrected chi connectivity index (χ2v) is 7.59. The Morgan fingerprint density at radius 2 is 1.89 bits per heavy atom. The summed E-state index contributed by atoms with van der Waals surface area (Å²) in [5.74, 6) is -0.268. The minimum atomic E-state index is -0.858. The van der Waals surface area contributed by atoms with E-state index in [1.807, 2.05) is 13.0 Å². The lowest BCUT2D eigenvalue weighted by Gasteiger charge is -2.14. The molecule has 0 aliphatic heterocycles. The molecule has 1 fully saturated rings. The molecule has 3 aromatic heterocycles. The lowest BCUT2D eigenvalue weighted by Crippen LogP contribution is -2.09. The quantitative estimate of drug-likeness (QED) is 0.488. The highest BCUT2D eigenvalue weighted by Crippen LogP contribution is 2.36. The number of fused-ring (bicyclic) bond motifs is 2. The second kappa shape index (κ2) is 6.62. The Hall–Kier alpha value is -2.89. The monoisotopic (exact) mass is 378 g/mol. The van der Waals surface area contributed by atoms with E-state index in [-0.39, 0.29) is 5.39 Å². The maximum atomic E-state index is 14.2. The summed E-state index contributed by atoms with van der Waals surface area (Å²) in [6, 6.07) is 4.76. The van der Waals surface area contributed by atoms with Gasteiger partial charge in [0.2, 0.25) is 0 Å². The number of aromatic nitrogens is 4. The van der Waals surface area contributed by atoms with Crippen LogP contribution in [0.25, 0.3) is 21.9 Å². The third kappa shape index (κ3) is 2.66. The molecule has 0 atom stereocenters. The molecule has 4 nitrogen and oxygen atoms in total. The lowest BCUT2D eigenvalue weighted by atomic mass is 10.1. The number of nitrogens with zero attached hydrogens (tertiary/aromatic N) is 4. The first-order chi connectivity index (χ1) is 13.6. The maximum absolute atomic E-state index is 14.2. The van der Waals surface area contributed by atoms with Crippen LogP contribution in [0.3, 0.4) is 0 Å².